The fourth-order valence-corrected chi connectivity index (χ4v) is 2.78. The average molecular weight is 449 g/mol. The largest absolute Gasteiger partial charge is 0.466 e. The minimum Gasteiger partial charge on any atom is -0.466 e. The van der Waals surface area contributed by atoms with E-state index in [1.807, 2.05) is 41.9 Å². The van der Waals surface area contributed by atoms with Crippen molar-refractivity contribution >= 4 is 43.9 Å². The number of nitrogens with one attached hydrogen (secondary N) is 1. The lowest BCUT2D eigenvalue weighted by Gasteiger charge is -2.15. The summed E-state index contributed by atoms with van der Waals surface area (Å²) >= 11 is 1.91. The normalized spacial score (nSPS) is 10.8. The van der Waals surface area contributed by atoms with E-state index in [-0.39, 0.29) is 5.97 Å². The van der Waals surface area contributed by atoms with Gasteiger partial charge < -0.3 is 15.4 Å². The van der Waals surface area contributed by atoms with Gasteiger partial charge in [-0.3, -0.25) is 15.5 Å². The molecule has 8 nitrogen and oxygen atoms in total. The zero-order valence-corrected chi connectivity index (χ0v) is 16.4. The monoisotopic (exact) mass is 449 g/mol. The molecule has 0 aliphatic heterocycles. The first-order valence-corrected chi connectivity index (χ1v) is 9.05. The molecule has 0 saturated heterocycles. The molecule has 0 unspecified atom stereocenters. The van der Waals surface area contributed by atoms with Crippen molar-refractivity contribution in [2.45, 2.75) is 26.2 Å². The standard InChI is InChI=1S/C15H25IN6O2/c1-3-24-11(23)6-4-8-22(2)9-5-7-19-15-12(13(16)17)14(18)20-10-21-15/h10,17H,3-9H2,1-2H3,(H3,18,19,20,21)/p+1. The molecule has 0 saturated carbocycles. The summed E-state index contributed by atoms with van der Waals surface area (Å²) in [6, 6.07) is 0. The maximum atomic E-state index is 11.3. The molecule has 0 spiro atoms. The number of nitrogen functional groups attached to an aromatic ring is 1. The molecular weight excluding hydrogens is 423 g/mol. The Hall–Kier alpha value is -1.33. The van der Waals surface area contributed by atoms with E-state index in [1.165, 1.54) is 6.33 Å². The summed E-state index contributed by atoms with van der Waals surface area (Å²) in [7, 11) is 2.04. The lowest BCUT2D eigenvalue weighted by Crippen LogP contribution is -2.79. The molecule has 1 rings (SSSR count). The molecule has 1 aromatic heterocycles. The molecule has 0 fully saturated rings. The zero-order valence-electron chi connectivity index (χ0n) is 14.2. The van der Waals surface area contributed by atoms with Crippen LogP contribution >= 0.6 is 22.6 Å². The number of carbonyl (C=O) groups excluding carboxylic acids is 1. The Labute approximate surface area is 156 Å². The summed E-state index contributed by atoms with van der Waals surface area (Å²) < 4.78 is 5.25. The number of rotatable bonds is 11. The smallest absolute Gasteiger partial charge is 0.305 e. The molecule has 0 bridgehead atoms. The Bertz CT molecular complexity index is 555. The van der Waals surface area contributed by atoms with Gasteiger partial charge in [0.05, 0.1) is 13.2 Å². The second kappa shape index (κ2) is 11.3. The molecule has 0 aromatic carbocycles. The van der Waals surface area contributed by atoms with Gasteiger partial charge in [0.2, 0.25) is 5.82 Å². The Kier molecular flexibility index (Phi) is 9.72. The second-order valence-corrected chi connectivity index (χ2v) is 6.47. The van der Waals surface area contributed by atoms with Crippen LogP contribution in [0.1, 0.15) is 31.7 Å². The van der Waals surface area contributed by atoms with Crippen molar-refractivity contribution in [3.8, 4) is 0 Å². The number of halogens is 1. The molecule has 0 aliphatic carbocycles. The Morgan fingerprint density at radius 3 is 2.79 bits per heavy atom. The van der Waals surface area contributed by atoms with Crippen molar-refractivity contribution in [3.63, 3.8) is 0 Å². The van der Waals surface area contributed by atoms with Gasteiger partial charge in [-0.15, -0.1) is 0 Å². The summed E-state index contributed by atoms with van der Waals surface area (Å²) in [5.74, 6) is 0.924. The van der Waals surface area contributed by atoms with Gasteiger partial charge in [-0.1, -0.05) is 0 Å². The number of hydrogen-bond donors (Lipinski definition) is 3. The number of hydrogen-bond acceptors (Lipinski definition) is 7. The zero-order chi connectivity index (χ0) is 17.9. The molecule has 0 atom stereocenters. The van der Waals surface area contributed by atoms with E-state index in [0.29, 0.717) is 33.9 Å². The number of esters is 1. The van der Waals surface area contributed by atoms with Crippen LogP contribution in [-0.4, -0.2) is 57.8 Å². The van der Waals surface area contributed by atoms with Crippen molar-refractivity contribution in [1.82, 2.24) is 14.9 Å². The first-order valence-electron chi connectivity index (χ1n) is 7.98. The Morgan fingerprint density at radius 2 is 2.12 bits per heavy atom. The maximum absolute atomic E-state index is 11.3. The highest BCUT2D eigenvalue weighted by molar-refractivity contribution is 14.1. The number of nitrogens with two attached hydrogens (primary N) is 2. The third-order valence-electron chi connectivity index (χ3n) is 3.43. The molecule has 1 heterocycles. The van der Waals surface area contributed by atoms with Crippen LogP contribution in [0.25, 0.3) is 0 Å². The number of anilines is 1. The van der Waals surface area contributed by atoms with Gasteiger partial charge in [-0.25, -0.2) is 4.98 Å². The number of quaternary nitrogens is 1. The van der Waals surface area contributed by atoms with Gasteiger partial charge in [0.1, 0.15) is 21.4 Å². The maximum Gasteiger partial charge on any atom is 0.305 e. The second-order valence-electron chi connectivity index (χ2n) is 5.39. The quantitative estimate of drug-likeness (QED) is 0.198. The number of nitrogens with zero attached hydrogens (tertiary/aromatic N) is 3. The van der Waals surface area contributed by atoms with Crippen LogP contribution in [0.2, 0.25) is 0 Å². The van der Waals surface area contributed by atoms with Gasteiger partial charge in [0.15, 0.2) is 0 Å². The van der Waals surface area contributed by atoms with Crippen LogP contribution < -0.4 is 11.1 Å². The summed E-state index contributed by atoms with van der Waals surface area (Å²) in [5, 5.41) is 9.76. The summed E-state index contributed by atoms with van der Waals surface area (Å²) in [6.45, 7) is 4.89. The highest BCUT2D eigenvalue weighted by atomic mass is 127. The van der Waals surface area contributed by atoms with E-state index < -0.39 is 0 Å². The van der Waals surface area contributed by atoms with E-state index in [0.717, 1.165) is 32.5 Å². The fourth-order valence-electron chi connectivity index (χ4n) is 2.23. The van der Waals surface area contributed by atoms with E-state index in [2.05, 4.69) is 14.9 Å². The molecule has 0 radical (unpaired) electrons. The lowest BCUT2D eigenvalue weighted by atomic mass is 10.2. The minimum absolute atomic E-state index is 0.130. The molecule has 24 heavy (non-hydrogen) atoms. The van der Waals surface area contributed by atoms with Crippen LogP contribution in [0.5, 0.6) is 0 Å². The molecule has 134 valence electrons. The molecular formula is C15H26IN6O2+. The van der Waals surface area contributed by atoms with Crippen molar-refractivity contribution in [3.05, 3.63) is 11.9 Å². The first kappa shape index (κ1) is 20.7. The van der Waals surface area contributed by atoms with Crippen molar-refractivity contribution in [2.75, 3.05) is 39.0 Å². The van der Waals surface area contributed by atoms with E-state index in [1.54, 1.807) is 0 Å². The SMILES string of the molecule is CCOC(=O)CCCN(C)CCC[NH2+]c1ncnc(N)c1C(=N)I. The number of carbonyl (C=O) groups is 1. The Balaban J connectivity index is 2.28. The van der Waals surface area contributed by atoms with E-state index >= 15 is 0 Å². The molecule has 0 amide bonds. The summed E-state index contributed by atoms with van der Waals surface area (Å²) in [6.07, 6.45) is 3.66. The molecule has 9 heteroatoms. The van der Waals surface area contributed by atoms with Crippen LogP contribution in [-0.2, 0) is 9.53 Å². The molecule has 0 aliphatic rings. The molecule has 5 N–H and O–H groups in total. The van der Waals surface area contributed by atoms with Crippen molar-refractivity contribution in [2.24, 2.45) is 0 Å². The van der Waals surface area contributed by atoms with Gasteiger partial charge >= 0.3 is 5.97 Å². The van der Waals surface area contributed by atoms with Gasteiger partial charge in [0.25, 0.3) is 0 Å². The summed E-state index contributed by atoms with van der Waals surface area (Å²) in [4.78, 5) is 21.6. The Morgan fingerprint density at radius 1 is 1.42 bits per heavy atom. The van der Waals surface area contributed by atoms with Crippen LogP contribution in [0.3, 0.4) is 0 Å². The fraction of sp³-hybridized carbons (Fsp3) is 0.600. The summed E-state index contributed by atoms with van der Waals surface area (Å²) in [5.41, 5.74) is 6.41. The molecule has 1 aromatic rings. The predicted molar refractivity (Wildman–Crippen MR) is 102 cm³/mol. The topological polar surface area (TPSA) is 122 Å². The van der Waals surface area contributed by atoms with Crippen molar-refractivity contribution < 1.29 is 14.8 Å². The number of ether oxygens (including phenoxy) is 1. The highest BCUT2D eigenvalue weighted by Crippen LogP contribution is 2.16. The highest BCUT2D eigenvalue weighted by Gasteiger charge is 2.15. The number of aromatic nitrogens is 2. The van der Waals surface area contributed by atoms with E-state index in [4.69, 9.17) is 15.9 Å². The van der Waals surface area contributed by atoms with Gasteiger partial charge in [-0.05, 0) is 49.5 Å². The predicted octanol–water partition coefficient (Wildman–Crippen LogP) is 0.679. The average Bonchev–Trinajstić information content (AvgIpc) is 2.51. The third kappa shape index (κ3) is 7.49. The van der Waals surface area contributed by atoms with E-state index in [9.17, 15) is 4.79 Å². The van der Waals surface area contributed by atoms with Gasteiger partial charge in [0, 0.05) is 19.4 Å². The first-order chi connectivity index (χ1) is 11.5. The third-order valence-corrected chi connectivity index (χ3v) is 3.97. The van der Waals surface area contributed by atoms with Crippen molar-refractivity contribution in [1.29, 1.82) is 5.41 Å². The van der Waals surface area contributed by atoms with Crippen LogP contribution in [0, 0.1) is 5.41 Å². The minimum atomic E-state index is -0.130. The van der Waals surface area contributed by atoms with Gasteiger partial charge in [-0.2, -0.15) is 4.98 Å². The van der Waals surface area contributed by atoms with Crippen LogP contribution in [0.4, 0.5) is 11.6 Å². The lowest BCUT2D eigenvalue weighted by molar-refractivity contribution is -0.575. The van der Waals surface area contributed by atoms with Crippen LogP contribution in [0.15, 0.2) is 6.33 Å².